The lowest BCUT2D eigenvalue weighted by Crippen LogP contribution is -2.22. The molecule has 2 heterocycles. The van der Waals surface area contributed by atoms with E-state index in [0.29, 0.717) is 11.7 Å². The average molecular weight is 360 g/mol. The van der Waals surface area contributed by atoms with Crippen LogP contribution in [0.5, 0.6) is 0 Å². The number of amides is 1. The molecule has 1 atom stereocenters. The molecule has 0 saturated carbocycles. The fraction of sp³-hybridized carbons (Fsp3) is 0.188. The van der Waals surface area contributed by atoms with Gasteiger partial charge in [0.05, 0.1) is 18.1 Å². The molecule has 1 aromatic carbocycles. The molecule has 0 aliphatic carbocycles. The Bertz CT molecular complexity index is 774. The first-order chi connectivity index (χ1) is 11.7. The maximum atomic E-state index is 12.2. The van der Waals surface area contributed by atoms with Gasteiger partial charge in [-0.25, -0.2) is 0 Å². The first-order valence-corrected chi connectivity index (χ1v) is 9.02. The van der Waals surface area contributed by atoms with Gasteiger partial charge < -0.3 is 15.1 Å². The van der Waals surface area contributed by atoms with Crippen LogP contribution in [0.2, 0.25) is 0 Å². The van der Waals surface area contributed by atoms with Crippen LogP contribution in [0.25, 0.3) is 0 Å². The normalized spacial score (nSPS) is 11.9. The van der Waals surface area contributed by atoms with Crippen molar-refractivity contribution in [3.05, 3.63) is 54.5 Å². The summed E-state index contributed by atoms with van der Waals surface area (Å²) in [7, 11) is 0. The Balaban J connectivity index is 1.51. The van der Waals surface area contributed by atoms with Crippen LogP contribution in [0.4, 0.5) is 10.8 Å². The van der Waals surface area contributed by atoms with E-state index in [-0.39, 0.29) is 11.2 Å². The minimum Gasteiger partial charge on any atom is -0.467 e. The number of benzene rings is 1. The van der Waals surface area contributed by atoms with Crippen LogP contribution in [0.3, 0.4) is 0 Å². The lowest BCUT2D eigenvalue weighted by Gasteiger charge is -2.09. The minimum atomic E-state index is -0.268. The molecule has 3 rings (SSSR count). The van der Waals surface area contributed by atoms with Crippen LogP contribution in [0, 0.1) is 0 Å². The Morgan fingerprint density at radius 3 is 2.83 bits per heavy atom. The summed E-state index contributed by atoms with van der Waals surface area (Å²) in [5.41, 5.74) is 0.785. The number of carbonyl (C=O) groups excluding carboxylic acids is 1. The summed E-state index contributed by atoms with van der Waals surface area (Å²) in [5.74, 6) is 0.765. The predicted octanol–water partition coefficient (Wildman–Crippen LogP) is 3.86. The van der Waals surface area contributed by atoms with E-state index in [1.165, 1.54) is 23.1 Å². The molecule has 2 N–H and O–H groups in total. The monoisotopic (exact) mass is 360 g/mol. The average Bonchev–Trinajstić information content (AvgIpc) is 3.25. The largest absolute Gasteiger partial charge is 0.467 e. The minimum absolute atomic E-state index is 0.0634. The van der Waals surface area contributed by atoms with Gasteiger partial charge in [-0.05, 0) is 31.2 Å². The molecule has 6 nitrogen and oxygen atoms in total. The third kappa shape index (κ3) is 4.59. The number of para-hydroxylation sites is 1. The van der Waals surface area contributed by atoms with Gasteiger partial charge in [0.25, 0.3) is 0 Å². The van der Waals surface area contributed by atoms with Crippen molar-refractivity contribution in [2.75, 3.05) is 10.6 Å². The SMILES string of the molecule is C[C@@H](Sc1nnc(NCc2ccco2)s1)C(=O)Nc1ccccc1. The van der Waals surface area contributed by atoms with Crippen molar-refractivity contribution in [3.8, 4) is 0 Å². The lowest BCUT2D eigenvalue weighted by atomic mass is 10.3. The van der Waals surface area contributed by atoms with Crippen molar-refractivity contribution in [2.45, 2.75) is 23.1 Å². The molecule has 0 bridgehead atoms. The van der Waals surface area contributed by atoms with Gasteiger partial charge in [0.15, 0.2) is 4.34 Å². The second kappa shape index (κ2) is 7.98. The Kier molecular flexibility index (Phi) is 5.50. The molecule has 0 saturated heterocycles. The van der Waals surface area contributed by atoms with E-state index in [1.807, 2.05) is 49.4 Å². The smallest absolute Gasteiger partial charge is 0.237 e. The van der Waals surface area contributed by atoms with Crippen molar-refractivity contribution in [1.29, 1.82) is 0 Å². The molecule has 8 heteroatoms. The molecule has 1 amide bonds. The topological polar surface area (TPSA) is 80.1 Å². The summed E-state index contributed by atoms with van der Waals surface area (Å²) >= 11 is 2.80. The van der Waals surface area contributed by atoms with Gasteiger partial charge >= 0.3 is 0 Å². The summed E-state index contributed by atoms with van der Waals surface area (Å²) < 4.78 is 5.99. The number of furan rings is 1. The van der Waals surface area contributed by atoms with E-state index in [9.17, 15) is 4.79 Å². The molecule has 124 valence electrons. The van der Waals surface area contributed by atoms with Crippen LogP contribution < -0.4 is 10.6 Å². The molecule has 0 spiro atoms. The van der Waals surface area contributed by atoms with Crippen LogP contribution in [0.1, 0.15) is 12.7 Å². The van der Waals surface area contributed by atoms with Gasteiger partial charge in [-0.3, -0.25) is 4.79 Å². The van der Waals surface area contributed by atoms with Crippen molar-refractivity contribution in [2.24, 2.45) is 0 Å². The molecule has 24 heavy (non-hydrogen) atoms. The molecule has 2 aromatic heterocycles. The third-order valence-corrected chi connectivity index (χ3v) is 5.15. The van der Waals surface area contributed by atoms with Crippen LogP contribution >= 0.6 is 23.1 Å². The van der Waals surface area contributed by atoms with Gasteiger partial charge in [0.1, 0.15) is 5.76 Å². The number of carbonyl (C=O) groups is 1. The highest BCUT2D eigenvalue weighted by Crippen LogP contribution is 2.29. The van der Waals surface area contributed by atoms with E-state index in [1.54, 1.807) is 6.26 Å². The Labute approximate surface area is 147 Å². The zero-order valence-electron chi connectivity index (χ0n) is 12.9. The van der Waals surface area contributed by atoms with Crippen molar-refractivity contribution in [1.82, 2.24) is 10.2 Å². The van der Waals surface area contributed by atoms with E-state index >= 15 is 0 Å². The number of thioether (sulfide) groups is 1. The highest BCUT2D eigenvalue weighted by Gasteiger charge is 2.17. The van der Waals surface area contributed by atoms with E-state index in [0.717, 1.165) is 15.8 Å². The molecular weight excluding hydrogens is 344 g/mol. The highest BCUT2D eigenvalue weighted by molar-refractivity contribution is 8.02. The van der Waals surface area contributed by atoms with Gasteiger partial charge in [-0.15, -0.1) is 10.2 Å². The van der Waals surface area contributed by atoms with Crippen molar-refractivity contribution < 1.29 is 9.21 Å². The molecule has 0 unspecified atom stereocenters. The molecule has 0 radical (unpaired) electrons. The first kappa shape index (κ1) is 16.5. The Morgan fingerprint density at radius 2 is 2.08 bits per heavy atom. The Hall–Kier alpha value is -2.32. The molecule has 0 aliphatic rings. The van der Waals surface area contributed by atoms with Crippen LogP contribution in [-0.4, -0.2) is 21.4 Å². The fourth-order valence-electron chi connectivity index (χ4n) is 1.87. The summed E-state index contributed by atoms with van der Waals surface area (Å²) in [6.45, 7) is 2.40. The van der Waals surface area contributed by atoms with Crippen LogP contribution in [-0.2, 0) is 11.3 Å². The predicted molar refractivity (Wildman–Crippen MR) is 96.3 cm³/mol. The van der Waals surface area contributed by atoms with Gasteiger partial charge in [-0.1, -0.05) is 41.3 Å². The summed E-state index contributed by atoms with van der Waals surface area (Å²) in [4.78, 5) is 12.2. The standard InChI is InChI=1S/C16H16N4O2S2/c1-11(14(21)18-12-6-3-2-4-7-12)23-16-20-19-15(24-16)17-10-13-8-5-9-22-13/h2-9,11H,10H2,1H3,(H,17,19)(H,18,21)/t11-/m1/s1. The second-order valence-electron chi connectivity index (χ2n) is 4.92. The maximum Gasteiger partial charge on any atom is 0.237 e. The summed E-state index contributed by atoms with van der Waals surface area (Å²) in [5, 5.41) is 14.6. The maximum absolute atomic E-state index is 12.2. The van der Waals surface area contributed by atoms with Crippen LogP contribution in [0.15, 0.2) is 57.5 Å². The zero-order valence-corrected chi connectivity index (χ0v) is 14.6. The van der Waals surface area contributed by atoms with E-state index < -0.39 is 0 Å². The highest BCUT2D eigenvalue weighted by atomic mass is 32.2. The van der Waals surface area contributed by atoms with Crippen molar-refractivity contribution in [3.63, 3.8) is 0 Å². The van der Waals surface area contributed by atoms with Crippen molar-refractivity contribution >= 4 is 39.8 Å². The quantitative estimate of drug-likeness (QED) is 0.623. The summed E-state index contributed by atoms with van der Waals surface area (Å²) in [6, 6.07) is 13.1. The molecular formula is C16H16N4O2S2. The molecule has 3 aromatic rings. The zero-order chi connectivity index (χ0) is 16.8. The summed E-state index contributed by atoms with van der Waals surface area (Å²) in [6.07, 6.45) is 1.63. The number of nitrogens with zero attached hydrogens (tertiary/aromatic N) is 2. The number of hydrogen-bond acceptors (Lipinski definition) is 7. The lowest BCUT2D eigenvalue weighted by molar-refractivity contribution is -0.115. The molecule has 0 fully saturated rings. The van der Waals surface area contributed by atoms with E-state index in [4.69, 9.17) is 4.42 Å². The third-order valence-electron chi connectivity index (χ3n) is 3.09. The number of rotatable bonds is 7. The first-order valence-electron chi connectivity index (χ1n) is 7.33. The number of hydrogen-bond donors (Lipinski definition) is 2. The Morgan fingerprint density at radius 1 is 1.25 bits per heavy atom. The molecule has 0 aliphatic heterocycles. The number of nitrogens with one attached hydrogen (secondary N) is 2. The number of anilines is 2. The number of aromatic nitrogens is 2. The second-order valence-corrected chi connectivity index (χ2v) is 7.49. The fourth-order valence-corrected chi connectivity index (χ4v) is 3.77. The van der Waals surface area contributed by atoms with Gasteiger partial charge in [0, 0.05) is 5.69 Å². The van der Waals surface area contributed by atoms with Gasteiger partial charge in [0.2, 0.25) is 11.0 Å². The van der Waals surface area contributed by atoms with Gasteiger partial charge in [-0.2, -0.15) is 0 Å². The van der Waals surface area contributed by atoms with E-state index in [2.05, 4.69) is 20.8 Å².